The van der Waals surface area contributed by atoms with Crippen LogP contribution in [0.3, 0.4) is 0 Å². The van der Waals surface area contributed by atoms with Crippen LogP contribution in [0.4, 0.5) is 0 Å². The molecule has 0 atom stereocenters. The van der Waals surface area contributed by atoms with Crippen LogP contribution < -0.4 is 0 Å². The third-order valence-electron chi connectivity index (χ3n) is 9.99. The molecule has 10 aromatic rings. The first-order valence-corrected chi connectivity index (χ1v) is 16.0. The molecule has 46 heavy (non-hydrogen) atoms. The highest BCUT2D eigenvalue weighted by Gasteiger charge is 2.17. The maximum absolute atomic E-state index is 2.44. The van der Waals surface area contributed by atoms with E-state index in [-0.39, 0.29) is 0 Å². The molecule has 0 heteroatoms. The monoisotopic (exact) mass is 580 g/mol. The fraction of sp³-hybridized carbons (Fsp3) is 0. The van der Waals surface area contributed by atoms with Crippen LogP contribution in [0.1, 0.15) is 0 Å². The summed E-state index contributed by atoms with van der Waals surface area (Å²) in [4.78, 5) is 0. The zero-order chi connectivity index (χ0) is 30.2. The second-order valence-corrected chi connectivity index (χ2v) is 12.4. The Balaban J connectivity index is 1.30. The highest BCUT2D eigenvalue weighted by molar-refractivity contribution is 6.39. The molecular weight excluding hydrogens is 553 g/mol. The van der Waals surface area contributed by atoms with Crippen LogP contribution in [-0.4, -0.2) is 0 Å². The average Bonchev–Trinajstić information content (AvgIpc) is 3.14. The molecule has 0 fully saturated rings. The zero-order valence-electron chi connectivity index (χ0n) is 25.2. The van der Waals surface area contributed by atoms with E-state index in [0.717, 1.165) is 0 Å². The Kier molecular flexibility index (Phi) is 5.38. The van der Waals surface area contributed by atoms with Gasteiger partial charge in [0.15, 0.2) is 0 Å². The van der Waals surface area contributed by atoms with Gasteiger partial charge in [-0.05, 0) is 116 Å². The molecule has 0 bridgehead atoms. The Bertz CT molecular complexity index is 2840. The van der Waals surface area contributed by atoms with E-state index < -0.39 is 0 Å². The molecule has 10 aromatic carbocycles. The molecule has 10 rings (SSSR count). The Morgan fingerprint density at radius 3 is 1.26 bits per heavy atom. The Morgan fingerprint density at radius 2 is 0.652 bits per heavy atom. The second-order valence-electron chi connectivity index (χ2n) is 12.4. The third kappa shape index (κ3) is 3.62. The predicted octanol–water partition coefficient (Wildman–Crippen LogP) is 13.1. The Labute approximate surface area is 266 Å². The molecular formula is C46H28. The topological polar surface area (TPSA) is 0 Å². The van der Waals surface area contributed by atoms with E-state index in [9.17, 15) is 0 Å². The molecule has 0 aliphatic rings. The lowest BCUT2D eigenvalue weighted by Crippen LogP contribution is -1.90. The van der Waals surface area contributed by atoms with Gasteiger partial charge in [-0.1, -0.05) is 152 Å². The van der Waals surface area contributed by atoms with Gasteiger partial charge in [-0.15, -0.1) is 0 Å². The largest absolute Gasteiger partial charge is 0.0622 e. The highest BCUT2D eigenvalue weighted by Crippen LogP contribution is 2.45. The molecule has 0 heterocycles. The van der Waals surface area contributed by atoms with Crippen LogP contribution in [-0.2, 0) is 0 Å². The molecule has 0 aromatic heterocycles. The van der Waals surface area contributed by atoms with Crippen molar-refractivity contribution < 1.29 is 0 Å². The van der Waals surface area contributed by atoms with Gasteiger partial charge < -0.3 is 0 Å². The summed E-state index contributed by atoms with van der Waals surface area (Å²) in [5, 5.41) is 18.2. The number of hydrogen-bond acceptors (Lipinski definition) is 0. The normalized spacial score (nSPS) is 11.9. The van der Waals surface area contributed by atoms with Crippen LogP contribution in [0.25, 0.3) is 97.7 Å². The first-order chi connectivity index (χ1) is 22.8. The minimum Gasteiger partial charge on any atom is -0.0622 e. The summed E-state index contributed by atoms with van der Waals surface area (Å²) in [7, 11) is 0. The van der Waals surface area contributed by atoms with Gasteiger partial charge >= 0.3 is 0 Å². The van der Waals surface area contributed by atoms with Gasteiger partial charge in [-0.2, -0.15) is 0 Å². The third-order valence-corrected chi connectivity index (χ3v) is 9.99. The standard InChI is InChI=1S/C46H28/c1-2-12-29(13-3-1)30-22-23-31-27-43(36-17-5-4-16-35(36)42(31)26-30)32-24-25-41-44(28-32)37-18-8-11-21-40(37)45-38-19-9-6-14-33(38)34-15-7-10-20-39(34)46(41)45/h1-28H. The van der Waals surface area contributed by atoms with E-state index in [4.69, 9.17) is 0 Å². The summed E-state index contributed by atoms with van der Waals surface area (Å²) in [5.74, 6) is 0. The Morgan fingerprint density at radius 1 is 0.217 bits per heavy atom. The molecule has 0 nitrogen and oxygen atoms in total. The maximum Gasteiger partial charge on any atom is -0.00139 e. The van der Waals surface area contributed by atoms with E-state index in [1.807, 2.05) is 0 Å². The van der Waals surface area contributed by atoms with E-state index in [1.165, 1.54) is 97.7 Å². The molecule has 0 unspecified atom stereocenters. The van der Waals surface area contributed by atoms with Crippen molar-refractivity contribution in [2.45, 2.75) is 0 Å². The quantitative estimate of drug-likeness (QED) is 0.178. The molecule has 0 radical (unpaired) electrons. The molecule has 0 aliphatic heterocycles. The van der Waals surface area contributed by atoms with Crippen LogP contribution in [0, 0.1) is 0 Å². The van der Waals surface area contributed by atoms with Crippen LogP contribution >= 0.6 is 0 Å². The number of benzene rings is 10. The first-order valence-electron chi connectivity index (χ1n) is 16.0. The molecule has 212 valence electrons. The maximum atomic E-state index is 2.44. The minimum atomic E-state index is 1.24. The lowest BCUT2D eigenvalue weighted by Gasteiger charge is -2.17. The van der Waals surface area contributed by atoms with Crippen molar-refractivity contribution in [3.05, 3.63) is 170 Å². The van der Waals surface area contributed by atoms with E-state index in [2.05, 4.69) is 170 Å². The van der Waals surface area contributed by atoms with Gasteiger partial charge in [0.2, 0.25) is 0 Å². The van der Waals surface area contributed by atoms with Gasteiger partial charge in [0, 0.05) is 0 Å². The summed E-state index contributed by atoms with van der Waals surface area (Å²) in [6.07, 6.45) is 0. The van der Waals surface area contributed by atoms with Crippen LogP contribution in [0.5, 0.6) is 0 Å². The molecule has 0 saturated carbocycles. The van der Waals surface area contributed by atoms with Gasteiger partial charge in [0.05, 0.1) is 0 Å². The highest BCUT2D eigenvalue weighted by atomic mass is 14.2. The molecule has 0 aliphatic carbocycles. The Hall–Kier alpha value is -5.98. The predicted molar refractivity (Wildman–Crippen MR) is 200 cm³/mol. The summed E-state index contributed by atoms with van der Waals surface area (Å²) in [5.41, 5.74) is 5.00. The lowest BCUT2D eigenvalue weighted by molar-refractivity contribution is 1.65. The minimum absolute atomic E-state index is 1.24. The van der Waals surface area contributed by atoms with Gasteiger partial charge in [-0.25, -0.2) is 0 Å². The van der Waals surface area contributed by atoms with Crippen molar-refractivity contribution >= 4 is 75.4 Å². The SMILES string of the molecule is c1ccc(-c2ccc3cc(-c4ccc5c(c4)c4ccccc4c4c6ccccc6c6ccccc6c54)c4ccccc4c3c2)cc1. The van der Waals surface area contributed by atoms with Crippen molar-refractivity contribution in [2.24, 2.45) is 0 Å². The summed E-state index contributed by atoms with van der Waals surface area (Å²) in [6.45, 7) is 0. The van der Waals surface area contributed by atoms with Gasteiger partial charge in [0.25, 0.3) is 0 Å². The van der Waals surface area contributed by atoms with Crippen molar-refractivity contribution in [2.75, 3.05) is 0 Å². The van der Waals surface area contributed by atoms with Crippen LogP contribution in [0.15, 0.2) is 170 Å². The average molecular weight is 581 g/mol. The molecule has 0 amide bonds. The smallest absolute Gasteiger partial charge is 0.00139 e. The zero-order valence-corrected chi connectivity index (χ0v) is 25.2. The first kappa shape index (κ1) is 25.4. The number of rotatable bonds is 2. The fourth-order valence-corrected chi connectivity index (χ4v) is 7.94. The van der Waals surface area contributed by atoms with Crippen molar-refractivity contribution in [3.63, 3.8) is 0 Å². The van der Waals surface area contributed by atoms with Crippen molar-refractivity contribution in [1.29, 1.82) is 0 Å². The van der Waals surface area contributed by atoms with Crippen LogP contribution in [0.2, 0.25) is 0 Å². The number of hydrogen-bond donors (Lipinski definition) is 0. The molecule has 0 saturated heterocycles. The van der Waals surface area contributed by atoms with E-state index in [0.29, 0.717) is 0 Å². The summed E-state index contributed by atoms with van der Waals surface area (Å²) >= 11 is 0. The molecule has 0 N–H and O–H groups in total. The lowest BCUT2D eigenvalue weighted by atomic mass is 9.85. The second kappa shape index (κ2) is 9.76. The van der Waals surface area contributed by atoms with Gasteiger partial charge in [0.1, 0.15) is 0 Å². The van der Waals surface area contributed by atoms with E-state index >= 15 is 0 Å². The summed E-state index contributed by atoms with van der Waals surface area (Å²) in [6, 6.07) is 62.8. The van der Waals surface area contributed by atoms with Crippen molar-refractivity contribution in [3.8, 4) is 22.3 Å². The van der Waals surface area contributed by atoms with Gasteiger partial charge in [-0.3, -0.25) is 0 Å². The fourth-order valence-electron chi connectivity index (χ4n) is 7.94. The molecule has 0 spiro atoms. The van der Waals surface area contributed by atoms with E-state index in [1.54, 1.807) is 0 Å². The number of fused-ring (bicyclic) bond motifs is 14. The van der Waals surface area contributed by atoms with Crippen molar-refractivity contribution in [1.82, 2.24) is 0 Å². The summed E-state index contributed by atoms with van der Waals surface area (Å²) < 4.78 is 0.